The summed E-state index contributed by atoms with van der Waals surface area (Å²) in [6.07, 6.45) is 0. The second-order valence-corrected chi connectivity index (χ2v) is 5.45. The lowest BCUT2D eigenvalue weighted by atomic mass is 10.1. The third kappa shape index (κ3) is 6.13. The normalized spacial score (nSPS) is 11.9. The van der Waals surface area contributed by atoms with Crippen molar-refractivity contribution in [1.82, 2.24) is 10.6 Å². The number of carbonyl (C=O) groups excluding carboxylic acids is 2. The van der Waals surface area contributed by atoms with E-state index in [0.717, 1.165) is 11.3 Å². The van der Waals surface area contributed by atoms with Crippen LogP contribution in [0.1, 0.15) is 19.4 Å². The molecule has 0 aliphatic rings. The maximum Gasteiger partial charge on any atom is 0.239 e. The molecule has 0 saturated heterocycles. The zero-order valence-electron chi connectivity index (χ0n) is 13.4. The Kier molecular flexibility index (Phi) is 7.39. The van der Waals surface area contributed by atoms with Gasteiger partial charge in [-0.1, -0.05) is 32.0 Å². The van der Waals surface area contributed by atoms with Gasteiger partial charge < -0.3 is 21.1 Å². The lowest BCUT2D eigenvalue weighted by molar-refractivity contribution is -0.127. The molecule has 4 N–H and O–H groups in total. The third-order valence-corrected chi connectivity index (χ3v) is 3.22. The number of nitrogens with two attached hydrogens (primary N) is 1. The molecule has 122 valence electrons. The Hall–Kier alpha value is -2.08. The van der Waals surface area contributed by atoms with Crippen LogP contribution in [0, 0.1) is 12.8 Å². The summed E-state index contributed by atoms with van der Waals surface area (Å²) in [5.41, 5.74) is 6.73. The van der Waals surface area contributed by atoms with E-state index in [1.807, 2.05) is 45.0 Å². The summed E-state index contributed by atoms with van der Waals surface area (Å²) < 4.78 is 5.56. The molecule has 0 unspecified atom stereocenters. The summed E-state index contributed by atoms with van der Waals surface area (Å²) in [6, 6.07) is 7.08. The predicted octanol–water partition coefficient (Wildman–Crippen LogP) is 0.590. The first kappa shape index (κ1) is 18.0. The topological polar surface area (TPSA) is 93.5 Å². The number of hydrogen-bond donors (Lipinski definition) is 3. The predicted molar refractivity (Wildman–Crippen MR) is 85.5 cm³/mol. The Morgan fingerprint density at radius 1 is 1.23 bits per heavy atom. The van der Waals surface area contributed by atoms with E-state index in [2.05, 4.69) is 10.6 Å². The molecule has 1 aromatic carbocycles. The van der Waals surface area contributed by atoms with Gasteiger partial charge in [-0.25, -0.2) is 0 Å². The van der Waals surface area contributed by atoms with Crippen LogP contribution in [-0.4, -0.2) is 37.6 Å². The number of nitrogens with one attached hydrogen (secondary N) is 2. The molecule has 0 fully saturated rings. The molecule has 0 aliphatic heterocycles. The number of hydrogen-bond acceptors (Lipinski definition) is 4. The van der Waals surface area contributed by atoms with Crippen LogP contribution < -0.4 is 21.1 Å². The van der Waals surface area contributed by atoms with Crippen LogP contribution in [0.4, 0.5) is 0 Å². The van der Waals surface area contributed by atoms with Crippen molar-refractivity contribution < 1.29 is 14.3 Å². The molecule has 0 aromatic heterocycles. The zero-order valence-corrected chi connectivity index (χ0v) is 13.4. The molecule has 22 heavy (non-hydrogen) atoms. The van der Waals surface area contributed by atoms with Crippen molar-refractivity contribution in [3.05, 3.63) is 29.8 Å². The van der Waals surface area contributed by atoms with Crippen molar-refractivity contribution in [2.75, 3.05) is 19.7 Å². The number of amides is 2. The molecule has 6 heteroatoms. The van der Waals surface area contributed by atoms with Crippen molar-refractivity contribution in [2.24, 2.45) is 11.7 Å². The second kappa shape index (κ2) is 9.04. The Labute approximate surface area is 131 Å². The second-order valence-electron chi connectivity index (χ2n) is 5.45. The van der Waals surface area contributed by atoms with Gasteiger partial charge in [0.25, 0.3) is 0 Å². The molecule has 6 nitrogen and oxygen atoms in total. The lowest BCUT2D eigenvalue weighted by Gasteiger charge is -2.15. The van der Waals surface area contributed by atoms with Gasteiger partial charge in [0.05, 0.1) is 19.1 Å². The van der Waals surface area contributed by atoms with E-state index in [4.69, 9.17) is 10.5 Å². The van der Waals surface area contributed by atoms with Crippen LogP contribution in [0.15, 0.2) is 24.3 Å². The van der Waals surface area contributed by atoms with E-state index >= 15 is 0 Å². The lowest BCUT2D eigenvalue weighted by Crippen LogP contribution is -2.47. The van der Waals surface area contributed by atoms with E-state index < -0.39 is 6.04 Å². The first-order chi connectivity index (χ1) is 10.4. The molecule has 1 aromatic rings. The van der Waals surface area contributed by atoms with E-state index in [9.17, 15) is 9.59 Å². The molecular formula is C16H25N3O3. The van der Waals surface area contributed by atoms with Crippen LogP contribution in [0.2, 0.25) is 0 Å². The highest BCUT2D eigenvalue weighted by atomic mass is 16.5. The SMILES string of the molecule is Cc1ccccc1OCCNC(=O)CNC(=O)[C@@H](N)C(C)C. The van der Waals surface area contributed by atoms with Gasteiger partial charge in [-0.15, -0.1) is 0 Å². The molecule has 0 saturated carbocycles. The molecule has 0 heterocycles. The van der Waals surface area contributed by atoms with Crippen molar-refractivity contribution in [1.29, 1.82) is 0 Å². The van der Waals surface area contributed by atoms with Crippen LogP contribution in [0.25, 0.3) is 0 Å². The van der Waals surface area contributed by atoms with E-state index in [-0.39, 0.29) is 24.3 Å². The van der Waals surface area contributed by atoms with Gasteiger partial charge in [-0.3, -0.25) is 9.59 Å². The van der Waals surface area contributed by atoms with E-state index in [1.54, 1.807) is 0 Å². The Morgan fingerprint density at radius 2 is 1.91 bits per heavy atom. The van der Waals surface area contributed by atoms with Crippen LogP contribution in [0.5, 0.6) is 5.75 Å². The maximum absolute atomic E-state index is 11.6. The summed E-state index contributed by atoms with van der Waals surface area (Å²) in [5, 5.41) is 5.19. The minimum Gasteiger partial charge on any atom is -0.491 e. The van der Waals surface area contributed by atoms with Gasteiger partial charge >= 0.3 is 0 Å². The van der Waals surface area contributed by atoms with Crippen molar-refractivity contribution in [3.63, 3.8) is 0 Å². The number of carbonyl (C=O) groups is 2. The molecule has 0 radical (unpaired) electrons. The minimum atomic E-state index is -0.600. The average Bonchev–Trinajstić information content (AvgIpc) is 2.49. The van der Waals surface area contributed by atoms with Crippen molar-refractivity contribution in [3.8, 4) is 5.75 Å². The fraction of sp³-hybridized carbons (Fsp3) is 0.500. The number of para-hydroxylation sites is 1. The monoisotopic (exact) mass is 307 g/mol. The molecule has 0 aliphatic carbocycles. The van der Waals surface area contributed by atoms with E-state index in [0.29, 0.717) is 13.2 Å². The van der Waals surface area contributed by atoms with Crippen LogP contribution in [0.3, 0.4) is 0 Å². The fourth-order valence-corrected chi connectivity index (χ4v) is 1.72. The number of ether oxygens (including phenoxy) is 1. The van der Waals surface area contributed by atoms with Crippen LogP contribution >= 0.6 is 0 Å². The average molecular weight is 307 g/mol. The summed E-state index contributed by atoms with van der Waals surface area (Å²) >= 11 is 0. The van der Waals surface area contributed by atoms with Gasteiger partial charge in [0, 0.05) is 0 Å². The smallest absolute Gasteiger partial charge is 0.239 e. The molecule has 1 atom stereocenters. The Balaban J connectivity index is 2.19. The quantitative estimate of drug-likeness (QED) is 0.613. The van der Waals surface area contributed by atoms with Gasteiger partial charge in [0.15, 0.2) is 0 Å². The third-order valence-electron chi connectivity index (χ3n) is 3.22. The van der Waals surface area contributed by atoms with E-state index in [1.165, 1.54) is 0 Å². The van der Waals surface area contributed by atoms with Gasteiger partial charge in [0.2, 0.25) is 11.8 Å². The molecule has 0 spiro atoms. The number of rotatable bonds is 8. The first-order valence-electron chi connectivity index (χ1n) is 7.40. The summed E-state index contributed by atoms with van der Waals surface area (Å²) in [7, 11) is 0. The van der Waals surface area contributed by atoms with Crippen molar-refractivity contribution >= 4 is 11.8 Å². The molecule has 0 bridgehead atoms. The highest BCUT2D eigenvalue weighted by Gasteiger charge is 2.17. The maximum atomic E-state index is 11.6. The largest absolute Gasteiger partial charge is 0.491 e. The Morgan fingerprint density at radius 3 is 2.55 bits per heavy atom. The van der Waals surface area contributed by atoms with Gasteiger partial charge in [-0.2, -0.15) is 0 Å². The molecule has 1 rings (SSSR count). The minimum absolute atomic E-state index is 0.0329. The van der Waals surface area contributed by atoms with Crippen LogP contribution in [-0.2, 0) is 9.59 Å². The number of aryl methyl sites for hydroxylation is 1. The van der Waals surface area contributed by atoms with Gasteiger partial charge in [-0.05, 0) is 24.5 Å². The fourth-order valence-electron chi connectivity index (χ4n) is 1.72. The first-order valence-corrected chi connectivity index (χ1v) is 7.40. The summed E-state index contributed by atoms with van der Waals surface area (Å²) in [4.78, 5) is 23.2. The molecular weight excluding hydrogens is 282 g/mol. The van der Waals surface area contributed by atoms with Crippen molar-refractivity contribution in [2.45, 2.75) is 26.8 Å². The zero-order chi connectivity index (χ0) is 16.5. The summed E-state index contributed by atoms with van der Waals surface area (Å²) in [5.74, 6) is 0.248. The Bertz CT molecular complexity index is 503. The standard InChI is InChI=1S/C16H25N3O3/c1-11(2)15(17)16(21)19-10-14(20)18-8-9-22-13-7-5-4-6-12(13)3/h4-7,11,15H,8-10,17H2,1-3H3,(H,18,20)(H,19,21)/t15-/m0/s1. The highest BCUT2D eigenvalue weighted by Crippen LogP contribution is 2.15. The highest BCUT2D eigenvalue weighted by molar-refractivity contribution is 5.87. The number of benzene rings is 1. The molecule has 2 amide bonds. The summed E-state index contributed by atoms with van der Waals surface area (Å²) in [6.45, 7) is 6.33. The van der Waals surface area contributed by atoms with Gasteiger partial charge in [0.1, 0.15) is 12.4 Å².